The van der Waals surface area contributed by atoms with Gasteiger partial charge in [-0.2, -0.15) is 5.10 Å². The summed E-state index contributed by atoms with van der Waals surface area (Å²) in [5, 5.41) is 4.26. The average Bonchev–Trinajstić information content (AvgIpc) is 3.39. The molecular formula is C26H30N4O3. The van der Waals surface area contributed by atoms with Crippen molar-refractivity contribution in [3.63, 3.8) is 0 Å². The Balaban J connectivity index is 1.49. The number of carbonyl (C=O) groups is 2. The molecule has 1 aliphatic heterocycles. The van der Waals surface area contributed by atoms with E-state index < -0.39 is 0 Å². The van der Waals surface area contributed by atoms with Crippen LogP contribution in [0.15, 0.2) is 67.0 Å². The smallest absolute Gasteiger partial charge is 0.254 e. The number of hydrogen-bond donors (Lipinski definition) is 0. The third-order valence-corrected chi connectivity index (χ3v) is 6.10. The van der Waals surface area contributed by atoms with Crippen molar-refractivity contribution in [2.75, 3.05) is 27.2 Å². The molecule has 33 heavy (non-hydrogen) atoms. The summed E-state index contributed by atoms with van der Waals surface area (Å²) in [6.45, 7) is 3.23. The molecule has 4 rings (SSSR count). The van der Waals surface area contributed by atoms with Crippen molar-refractivity contribution in [3.05, 3.63) is 83.7 Å². The highest BCUT2D eigenvalue weighted by Gasteiger charge is 2.31. The van der Waals surface area contributed by atoms with Gasteiger partial charge < -0.3 is 14.5 Å². The number of carbonyl (C=O) groups excluding carboxylic acids is 2. The molecule has 7 nitrogen and oxygen atoms in total. The Hall–Kier alpha value is -3.45. The molecule has 3 aromatic rings. The Bertz CT molecular complexity index is 1090. The number of hydrogen-bond acceptors (Lipinski definition) is 4. The fourth-order valence-corrected chi connectivity index (χ4v) is 4.33. The van der Waals surface area contributed by atoms with Crippen LogP contribution in [-0.4, -0.2) is 64.7 Å². The summed E-state index contributed by atoms with van der Waals surface area (Å²) in [5.74, 6) is -0.00632. The maximum absolute atomic E-state index is 13.4. The van der Waals surface area contributed by atoms with Crippen molar-refractivity contribution < 1.29 is 14.3 Å². The second-order valence-electron chi connectivity index (χ2n) is 8.45. The number of nitrogens with zero attached hydrogens (tertiary/aromatic N) is 4. The van der Waals surface area contributed by atoms with Crippen LogP contribution in [0.1, 0.15) is 52.1 Å². The quantitative estimate of drug-likeness (QED) is 0.575. The van der Waals surface area contributed by atoms with Gasteiger partial charge in [0.2, 0.25) is 0 Å². The summed E-state index contributed by atoms with van der Waals surface area (Å²) in [7, 11) is 3.48. The second kappa shape index (κ2) is 10.0. The van der Waals surface area contributed by atoms with Gasteiger partial charge >= 0.3 is 0 Å². The first-order chi connectivity index (χ1) is 16.0. The number of amides is 2. The Kier molecular flexibility index (Phi) is 6.89. The zero-order valence-electron chi connectivity index (χ0n) is 19.3. The van der Waals surface area contributed by atoms with Crippen LogP contribution >= 0.6 is 0 Å². The normalized spacial score (nSPS) is 18.0. The van der Waals surface area contributed by atoms with Gasteiger partial charge in [0.15, 0.2) is 0 Å². The van der Waals surface area contributed by atoms with E-state index in [1.807, 2.05) is 72.6 Å². The predicted molar refractivity (Wildman–Crippen MR) is 126 cm³/mol. The Labute approximate surface area is 194 Å². The van der Waals surface area contributed by atoms with E-state index in [4.69, 9.17) is 4.74 Å². The van der Waals surface area contributed by atoms with Crippen LogP contribution in [0.5, 0.6) is 0 Å². The van der Waals surface area contributed by atoms with Crippen molar-refractivity contribution in [1.29, 1.82) is 0 Å². The fourth-order valence-electron chi connectivity index (χ4n) is 4.33. The number of ether oxygens (including phenoxy) is 1. The third kappa shape index (κ3) is 4.98. The molecule has 0 bridgehead atoms. The molecule has 0 spiro atoms. The molecule has 1 aliphatic rings. The second-order valence-corrected chi connectivity index (χ2v) is 8.45. The molecule has 0 aliphatic carbocycles. The van der Waals surface area contributed by atoms with E-state index in [1.165, 1.54) is 0 Å². The summed E-state index contributed by atoms with van der Waals surface area (Å²) in [4.78, 5) is 29.1. The molecule has 0 unspecified atom stereocenters. The minimum Gasteiger partial charge on any atom is -0.373 e. The van der Waals surface area contributed by atoms with Crippen LogP contribution in [-0.2, 0) is 4.74 Å². The lowest BCUT2D eigenvalue weighted by Gasteiger charge is -2.37. The lowest BCUT2D eigenvalue weighted by Crippen LogP contribution is -2.44. The van der Waals surface area contributed by atoms with Gasteiger partial charge in [0.25, 0.3) is 11.8 Å². The maximum Gasteiger partial charge on any atom is 0.254 e. The highest BCUT2D eigenvalue weighted by atomic mass is 16.5. The van der Waals surface area contributed by atoms with Crippen LogP contribution in [0.25, 0.3) is 5.69 Å². The molecule has 0 saturated carbocycles. The third-order valence-electron chi connectivity index (χ3n) is 6.10. The van der Waals surface area contributed by atoms with E-state index >= 15 is 0 Å². The highest BCUT2D eigenvalue weighted by Crippen LogP contribution is 2.31. The topological polar surface area (TPSA) is 67.7 Å². The van der Waals surface area contributed by atoms with Crippen LogP contribution in [0, 0.1) is 0 Å². The molecule has 7 heteroatoms. The van der Waals surface area contributed by atoms with Gasteiger partial charge in [0.1, 0.15) is 0 Å². The van der Waals surface area contributed by atoms with Gasteiger partial charge in [-0.05, 0) is 61.7 Å². The zero-order valence-corrected chi connectivity index (χ0v) is 19.3. The molecule has 1 aromatic heterocycles. The van der Waals surface area contributed by atoms with Crippen LogP contribution in [0.2, 0.25) is 0 Å². The van der Waals surface area contributed by atoms with E-state index in [0.717, 1.165) is 24.1 Å². The van der Waals surface area contributed by atoms with Crippen LogP contribution in [0.4, 0.5) is 0 Å². The van der Waals surface area contributed by atoms with Gasteiger partial charge in [-0.15, -0.1) is 0 Å². The highest BCUT2D eigenvalue weighted by molar-refractivity contribution is 5.95. The van der Waals surface area contributed by atoms with E-state index in [0.29, 0.717) is 24.3 Å². The van der Waals surface area contributed by atoms with Gasteiger partial charge in [-0.3, -0.25) is 9.59 Å². The first-order valence-corrected chi connectivity index (χ1v) is 11.3. The zero-order chi connectivity index (χ0) is 23.4. The summed E-state index contributed by atoms with van der Waals surface area (Å²) in [5.41, 5.74) is 3.19. The van der Waals surface area contributed by atoms with E-state index in [1.54, 1.807) is 29.9 Å². The van der Waals surface area contributed by atoms with Crippen LogP contribution in [0.3, 0.4) is 0 Å². The first-order valence-electron chi connectivity index (χ1n) is 11.3. The van der Waals surface area contributed by atoms with E-state index in [2.05, 4.69) is 5.10 Å². The monoisotopic (exact) mass is 446 g/mol. The number of benzene rings is 2. The largest absolute Gasteiger partial charge is 0.373 e. The van der Waals surface area contributed by atoms with Crippen molar-refractivity contribution >= 4 is 11.8 Å². The minimum atomic E-state index is -0.107. The van der Waals surface area contributed by atoms with E-state index in [9.17, 15) is 9.59 Å². The van der Waals surface area contributed by atoms with E-state index in [-0.39, 0.29) is 24.0 Å². The molecule has 2 heterocycles. The number of rotatable bonds is 6. The summed E-state index contributed by atoms with van der Waals surface area (Å²) in [6, 6.07) is 17.1. The van der Waals surface area contributed by atoms with Crippen molar-refractivity contribution in [3.8, 4) is 5.69 Å². The Morgan fingerprint density at radius 2 is 1.85 bits per heavy atom. The van der Waals surface area contributed by atoms with Gasteiger partial charge in [-0.25, -0.2) is 4.68 Å². The SMILES string of the molecule is CCN(C(=O)c1cccc(-n2cccn2)c1)[C@@H]1CCO[C@H](c2ccc(C(=O)N(C)C)cc2)C1. The fraction of sp³-hybridized carbons (Fsp3) is 0.346. The van der Waals surface area contributed by atoms with Crippen molar-refractivity contribution in [2.45, 2.75) is 31.9 Å². The first kappa shape index (κ1) is 22.7. The molecule has 1 saturated heterocycles. The lowest BCUT2D eigenvalue weighted by atomic mass is 9.95. The van der Waals surface area contributed by atoms with Gasteiger partial charge in [0.05, 0.1) is 11.8 Å². The molecule has 2 atom stereocenters. The Morgan fingerprint density at radius 3 is 2.52 bits per heavy atom. The predicted octanol–water partition coefficient (Wildman–Crippen LogP) is 3.96. The molecule has 2 amide bonds. The summed E-state index contributed by atoms with van der Waals surface area (Å²) in [6.07, 6.45) is 5.00. The van der Waals surface area contributed by atoms with Gasteiger partial charge in [0, 0.05) is 56.8 Å². The molecular weight excluding hydrogens is 416 g/mol. The molecule has 0 radical (unpaired) electrons. The standard InChI is InChI=1S/C26H30N4O3/c1-4-29(26(32)21-7-5-8-23(17-21)30-15-6-14-27-30)22-13-16-33-24(18-22)19-9-11-20(12-10-19)25(31)28(2)3/h5-12,14-15,17,22,24H,4,13,16,18H2,1-3H3/t22-,24+/m1/s1. The maximum atomic E-state index is 13.4. The van der Waals surface area contributed by atoms with Crippen molar-refractivity contribution in [1.82, 2.24) is 19.6 Å². The molecule has 0 N–H and O–H groups in total. The lowest BCUT2D eigenvalue weighted by molar-refractivity contribution is -0.0231. The minimum absolute atomic E-state index is 0.0177. The summed E-state index contributed by atoms with van der Waals surface area (Å²) >= 11 is 0. The Morgan fingerprint density at radius 1 is 1.06 bits per heavy atom. The summed E-state index contributed by atoms with van der Waals surface area (Å²) < 4.78 is 7.80. The molecule has 1 fully saturated rings. The van der Waals surface area contributed by atoms with Gasteiger partial charge in [-0.1, -0.05) is 18.2 Å². The molecule has 2 aromatic carbocycles. The van der Waals surface area contributed by atoms with Crippen LogP contribution < -0.4 is 0 Å². The molecule has 172 valence electrons. The average molecular weight is 447 g/mol. The number of aromatic nitrogens is 2. The van der Waals surface area contributed by atoms with Crippen molar-refractivity contribution in [2.24, 2.45) is 0 Å².